The molecule has 176 valence electrons. The monoisotopic (exact) mass is 487 g/mol. The van der Waals surface area contributed by atoms with E-state index in [-0.39, 0.29) is 29.0 Å². The molecule has 2 amide bonds. The summed E-state index contributed by atoms with van der Waals surface area (Å²) in [4.78, 5) is 27.7. The maximum absolute atomic E-state index is 13.3. The van der Waals surface area contributed by atoms with E-state index in [0.717, 1.165) is 41.7 Å². The van der Waals surface area contributed by atoms with Gasteiger partial charge >= 0.3 is 0 Å². The van der Waals surface area contributed by atoms with Crippen LogP contribution >= 0.6 is 11.8 Å². The molecule has 2 aliphatic rings. The Morgan fingerprint density at radius 3 is 2.42 bits per heavy atom. The second-order valence-electron chi connectivity index (χ2n) is 8.48. The molecule has 0 aromatic heterocycles. The largest absolute Gasteiger partial charge is 0.350 e. The fourth-order valence-corrected chi connectivity index (χ4v) is 6.51. The summed E-state index contributed by atoms with van der Waals surface area (Å²) < 4.78 is 28.1. The summed E-state index contributed by atoms with van der Waals surface area (Å²) in [5.41, 5.74) is 2.60. The number of thioether (sulfide) groups is 1. The predicted molar refractivity (Wildman–Crippen MR) is 130 cm³/mol. The van der Waals surface area contributed by atoms with E-state index < -0.39 is 10.0 Å². The molecule has 0 bridgehead atoms. The minimum Gasteiger partial charge on any atom is -0.350 e. The average Bonchev–Trinajstić information content (AvgIpc) is 3.10. The highest BCUT2D eigenvalue weighted by Crippen LogP contribution is 2.37. The number of nitrogens with zero attached hydrogens (tertiary/aromatic N) is 2. The first-order valence-corrected chi connectivity index (χ1v) is 13.7. The zero-order valence-electron chi connectivity index (χ0n) is 18.7. The second-order valence-corrected chi connectivity index (χ2v) is 11.4. The van der Waals surface area contributed by atoms with Gasteiger partial charge in [0, 0.05) is 24.5 Å². The lowest BCUT2D eigenvalue weighted by Gasteiger charge is -2.29. The number of carbonyl (C=O) groups is 2. The van der Waals surface area contributed by atoms with E-state index in [2.05, 4.69) is 5.32 Å². The summed E-state index contributed by atoms with van der Waals surface area (Å²) in [5.74, 6) is -0.277. The number of fused-ring (bicyclic) bond motifs is 1. The highest BCUT2D eigenvalue weighted by Gasteiger charge is 2.31. The lowest BCUT2D eigenvalue weighted by molar-refractivity contribution is -0.123. The van der Waals surface area contributed by atoms with Gasteiger partial charge < -0.3 is 10.2 Å². The molecule has 0 atom stereocenters. The van der Waals surface area contributed by atoms with Crippen LogP contribution in [0.4, 0.5) is 5.69 Å². The van der Waals surface area contributed by atoms with Gasteiger partial charge in [-0.2, -0.15) is 4.31 Å². The van der Waals surface area contributed by atoms with Crippen LogP contribution in [0.5, 0.6) is 0 Å². The Morgan fingerprint density at radius 2 is 1.73 bits per heavy atom. The molecule has 4 rings (SSSR count). The Balaban J connectivity index is 1.52. The lowest BCUT2D eigenvalue weighted by atomic mass is 10.1. The first kappa shape index (κ1) is 23.8. The van der Waals surface area contributed by atoms with Crippen molar-refractivity contribution in [3.63, 3.8) is 0 Å². The molecule has 0 unspecified atom stereocenters. The summed E-state index contributed by atoms with van der Waals surface area (Å²) in [6.45, 7) is 3.25. The molecule has 1 N–H and O–H groups in total. The third kappa shape index (κ3) is 5.59. The van der Waals surface area contributed by atoms with Gasteiger partial charge in [-0.15, -0.1) is 11.8 Å². The molecule has 0 saturated carbocycles. The number of benzene rings is 2. The molecular weight excluding hydrogens is 458 g/mol. The van der Waals surface area contributed by atoms with E-state index in [1.807, 2.05) is 31.2 Å². The predicted octanol–water partition coefficient (Wildman–Crippen LogP) is 3.31. The zero-order valence-corrected chi connectivity index (χ0v) is 20.4. The van der Waals surface area contributed by atoms with Gasteiger partial charge in [-0.05, 0) is 43.5 Å². The van der Waals surface area contributed by atoms with Gasteiger partial charge in [0.25, 0.3) is 0 Å². The first-order valence-electron chi connectivity index (χ1n) is 11.2. The molecule has 1 saturated heterocycles. The molecule has 0 radical (unpaired) electrons. The smallest absolute Gasteiger partial charge is 0.243 e. The fourth-order valence-electron chi connectivity index (χ4n) is 4.05. The van der Waals surface area contributed by atoms with Gasteiger partial charge in [0.05, 0.1) is 16.3 Å². The van der Waals surface area contributed by atoms with Gasteiger partial charge in [-0.3, -0.25) is 9.59 Å². The van der Waals surface area contributed by atoms with Crippen LogP contribution in [0, 0.1) is 6.92 Å². The summed E-state index contributed by atoms with van der Waals surface area (Å²) in [7, 11) is -3.65. The van der Waals surface area contributed by atoms with E-state index in [0.29, 0.717) is 25.3 Å². The highest BCUT2D eigenvalue weighted by molar-refractivity contribution is 8.00. The number of hydrogen-bond acceptors (Lipinski definition) is 5. The minimum atomic E-state index is -3.65. The van der Waals surface area contributed by atoms with Crippen molar-refractivity contribution in [2.75, 3.05) is 30.3 Å². The van der Waals surface area contributed by atoms with Crippen LogP contribution in [-0.2, 0) is 26.2 Å². The first-order chi connectivity index (χ1) is 15.8. The number of nitrogens with one attached hydrogen (secondary N) is 1. The number of hydrogen-bond donors (Lipinski definition) is 1. The quantitative estimate of drug-likeness (QED) is 0.676. The molecule has 0 spiro atoms. The van der Waals surface area contributed by atoms with Crippen molar-refractivity contribution in [3.8, 4) is 0 Å². The maximum Gasteiger partial charge on any atom is 0.243 e. The van der Waals surface area contributed by atoms with Gasteiger partial charge in [0.1, 0.15) is 6.54 Å². The molecule has 0 aliphatic carbocycles. The highest BCUT2D eigenvalue weighted by atomic mass is 32.2. The number of aryl methyl sites for hydroxylation is 1. The van der Waals surface area contributed by atoms with Gasteiger partial charge in [-0.25, -0.2) is 8.42 Å². The lowest BCUT2D eigenvalue weighted by Crippen LogP contribution is -2.43. The summed E-state index contributed by atoms with van der Waals surface area (Å²) in [6.07, 6.45) is 3.78. The number of carbonyl (C=O) groups excluding carboxylic acids is 2. The number of amides is 2. The summed E-state index contributed by atoms with van der Waals surface area (Å²) >= 11 is 1.37. The van der Waals surface area contributed by atoms with Crippen LogP contribution in [0.15, 0.2) is 52.3 Å². The van der Waals surface area contributed by atoms with E-state index in [1.54, 1.807) is 18.2 Å². The SMILES string of the molecule is Cc1ccc(CNC(=O)CN2C(=O)CSc3ccc(S(=O)(=O)N4CCCCCC4)cc32)cc1. The number of rotatable bonds is 6. The number of sulfonamides is 1. The normalized spacial score (nSPS) is 17.4. The van der Waals surface area contributed by atoms with E-state index in [1.165, 1.54) is 21.0 Å². The molecule has 9 heteroatoms. The molecule has 7 nitrogen and oxygen atoms in total. The van der Waals surface area contributed by atoms with E-state index in [9.17, 15) is 18.0 Å². The van der Waals surface area contributed by atoms with Crippen LogP contribution in [0.3, 0.4) is 0 Å². The van der Waals surface area contributed by atoms with Crippen LogP contribution in [0.1, 0.15) is 36.8 Å². The van der Waals surface area contributed by atoms with Crippen molar-refractivity contribution in [1.82, 2.24) is 9.62 Å². The fraction of sp³-hybridized carbons (Fsp3) is 0.417. The molecule has 33 heavy (non-hydrogen) atoms. The third-order valence-corrected chi connectivity index (χ3v) is 8.93. The van der Waals surface area contributed by atoms with Crippen molar-refractivity contribution in [1.29, 1.82) is 0 Å². The topological polar surface area (TPSA) is 86.8 Å². The van der Waals surface area contributed by atoms with Crippen LogP contribution in [0.2, 0.25) is 0 Å². The maximum atomic E-state index is 13.3. The van der Waals surface area contributed by atoms with Crippen LogP contribution in [-0.4, -0.2) is 49.9 Å². The Labute approximate surface area is 199 Å². The van der Waals surface area contributed by atoms with Gasteiger partial charge in [-0.1, -0.05) is 42.7 Å². The van der Waals surface area contributed by atoms with Crippen molar-refractivity contribution >= 4 is 39.3 Å². The Morgan fingerprint density at radius 1 is 1.03 bits per heavy atom. The van der Waals surface area contributed by atoms with Gasteiger partial charge in [0.15, 0.2) is 0 Å². The Kier molecular flexibility index (Phi) is 7.41. The van der Waals surface area contributed by atoms with Crippen LogP contribution < -0.4 is 10.2 Å². The summed E-state index contributed by atoms with van der Waals surface area (Å²) in [6, 6.07) is 12.8. The molecule has 2 aromatic rings. The molecular formula is C24H29N3O4S2. The van der Waals surface area contributed by atoms with Crippen molar-refractivity contribution in [2.45, 2.75) is 48.9 Å². The van der Waals surface area contributed by atoms with E-state index >= 15 is 0 Å². The van der Waals surface area contributed by atoms with Gasteiger partial charge in [0.2, 0.25) is 21.8 Å². The Hall–Kier alpha value is -2.36. The van der Waals surface area contributed by atoms with Crippen LogP contribution in [0.25, 0.3) is 0 Å². The molecule has 2 heterocycles. The summed E-state index contributed by atoms with van der Waals surface area (Å²) in [5, 5.41) is 2.85. The van der Waals surface area contributed by atoms with Crippen molar-refractivity contribution < 1.29 is 18.0 Å². The third-order valence-electron chi connectivity index (χ3n) is 5.99. The van der Waals surface area contributed by atoms with Crippen molar-refractivity contribution in [3.05, 3.63) is 53.6 Å². The Bertz CT molecular complexity index is 1120. The zero-order chi connectivity index (χ0) is 23.4. The second kappa shape index (κ2) is 10.3. The molecule has 1 fully saturated rings. The molecule has 2 aromatic carbocycles. The number of anilines is 1. The average molecular weight is 488 g/mol. The van der Waals surface area contributed by atoms with E-state index in [4.69, 9.17) is 0 Å². The molecule has 2 aliphatic heterocycles. The van der Waals surface area contributed by atoms with Crippen molar-refractivity contribution in [2.24, 2.45) is 0 Å². The minimum absolute atomic E-state index is 0.147. The standard InChI is InChI=1S/C24H29N3O4S2/c1-18-6-8-19(9-7-18)15-25-23(28)16-27-21-14-20(10-11-22(21)32-17-24(27)29)33(30,31)26-12-4-2-3-5-13-26/h6-11,14H,2-5,12-13,15-17H2,1H3,(H,25,28).